The lowest BCUT2D eigenvalue weighted by Crippen LogP contribution is -2.38. The second-order valence-electron chi connectivity index (χ2n) is 5.08. The molecule has 1 saturated carbocycles. The van der Waals surface area contributed by atoms with Crippen LogP contribution in [0.2, 0.25) is 0 Å². The number of benzene rings is 1. The Balaban J connectivity index is 1.78. The van der Waals surface area contributed by atoms with E-state index < -0.39 is 35.5 Å². The molecule has 1 aromatic rings. The zero-order chi connectivity index (χ0) is 15.6. The summed E-state index contributed by atoms with van der Waals surface area (Å²) in [5.41, 5.74) is 0. The molecule has 114 valence electrons. The van der Waals surface area contributed by atoms with E-state index in [1.807, 2.05) is 0 Å². The fraction of sp³-hybridized carbons (Fsp3) is 0.429. The van der Waals surface area contributed by atoms with Crippen LogP contribution in [0.4, 0.5) is 8.78 Å². The van der Waals surface area contributed by atoms with Crippen LogP contribution < -0.4 is 10.1 Å². The van der Waals surface area contributed by atoms with Crippen LogP contribution in [0.1, 0.15) is 13.3 Å². The lowest BCUT2D eigenvalue weighted by Gasteiger charge is -2.15. The van der Waals surface area contributed by atoms with Crippen molar-refractivity contribution in [3.8, 4) is 5.75 Å². The summed E-state index contributed by atoms with van der Waals surface area (Å²) in [5.74, 6) is -4.07. The van der Waals surface area contributed by atoms with Gasteiger partial charge in [0.1, 0.15) is 12.4 Å². The molecule has 5 nitrogen and oxygen atoms in total. The zero-order valence-electron chi connectivity index (χ0n) is 11.3. The summed E-state index contributed by atoms with van der Waals surface area (Å²) in [5, 5.41) is 11.3. The summed E-state index contributed by atoms with van der Waals surface area (Å²) in [6.45, 7) is 1.65. The molecule has 21 heavy (non-hydrogen) atoms. The third kappa shape index (κ3) is 3.90. The zero-order valence-corrected chi connectivity index (χ0v) is 11.3. The van der Waals surface area contributed by atoms with Gasteiger partial charge in [-0.2, -0.15) is 0 Å². The van der Waals surface area contributed by atoms with Crippen molar-refractivity contribution in [2.24, 2.45) is 11.8 Å². The van der Waals surface area contributed by atoms with Crippen LogP contribution in [0.25, 0.3) is 0 Å². The summed E-state index contributed by atoms with van der Waals surface area (Å²) >= 11 is 0. The van der Waals surface area contributed by atoms with E-state index in [9.17, 15) is 18.4 Å². The number of hydrogen-bond acceptors (Lipinski definition) is 3. The molecule has 0 unspecified atom stereocenters. The van der Waals surface area contributed by atoms with Gasteiger partial charge < -0.3 is 15.2 Å². The predicted molar refractivity (Wildman–Crippen MR) is 68.7 cm³/mol. The molecule has 0 aliphatic heterocycles. The Labute approximate surface area is 119 Å². The first kappa shape index (κ1) is 15.2. The molecule has 0 bridgehead atoms. The maximum Gasteiger partial charge on any atom is 0.307 e. The van der Waals surface area contributed by atoms with Gasteiger partial charge in [0.2, 0.25) is 5.91 Å². The molecule has 1 fully saturated rings. The molecule has 0 saturated heterocycles. The van der Waals surface area contributed by atoms with E-state index in [0.29, 0.717) is 12.5 Å². The third-order valence-electron chi connectivity index (χ3n) is 3.22. The number of hydrogen-bond donors (Lipinski definition) is 2. The van der Waals surface area contributed by atoms with Crippen molar-refractivity contribution in [3.63, 3.8) is 0 Å². The molecule has 1 aliphatic rings. The molecule has 1 aliphatic carbocycles. The lowest BCUT2D eigenvalue weighted by molar-refractivity contribution is -0.140. The van der Waals surface area contributed by atoms with Crippen LogP contribution in [0.15, 0.2) is 18.2 Å². The first-order valence-electron chi connectivity index (χ1n) is 6.49. The molecule has 0 heterocycles. The summed E-state index contributed by atoms with van der Waals surface area (Å²) in [4.78, 5) is 22.4. The Morgan fingerprint density at radius 1 is 1.43 bits per heavy atom. The number of amides is 1. The predicted octanol–water partition coefficient (Wildman–Crippen LogP) is 1.57. The maximum absolute atomic E-state index is 13.3. The highest BCUT2D eigenvalue weighted by Gasteiger charge is 2.48. The fourth-order valence-corrected chi connectivity index (χ4v) is 1.96. The number of carboxylic acids is 1. The summed E-state index contributed by atoms with van der Waals surface area (Å²) in [6, 6.07) is 2.53. The van der Waals surface area contributed by atoms with E-state index in [1.165, 1.54) is 6.07 Å². The van der Waals surface area contributed by atoms with Crippen molar-refractivity contribution in [3.05, 3.63) is 29.8 Å². The molecule has 3 atom stereocenters. The van der Waals surface area contributed by atoms with Crippen LogP contribution in [0.5, 0.6) is 5.75 Å². The molecule has 1 amide bonds. The number of aliphatic carboxylic acids is 1. The van der Waals surface area contributed by atoms with Gasteiger partial charge in [-0.3, -0.25) is 9.59 Å². The lowest BCUT2D eigenvalue weighted by atomic mass is 10.2. The monoisotopic (exact) mass is 299 g/mol. The van der Waals surface area contributed by atoms with Gasteiger partial charge in [-0.05, 0) is 25.5 Å². The number of carbonyl (C=O) groups is 2. The molecule has 7 heteroatoms. The summed E-state index contributed by atoms with van der Waals surface area (Å²) in [7, 11) is 0. The van der Waals surface area contributed by atoms with Gasteiger partial charge in [-0.25, -0.2) is 8.78 Å². The highest BCUT2D eigenvalue weighted by Crippen LogP contribution is 2.38. The van der Waals surface area contributed by atoms with Crippen LogP contribution >= 0.6 is 0 Å². The highest BCUT2D eigenvalue weighted by molar-refractivity contribution is 5.89. The quantitative estimate of drug-likeness (QED) is 0.836. The Kier molecular flexibility index (Phi) is 4.40. The SMILES string of the molecule is C[C@H](COc1ccc(F)cc1F)NC(=O)[C@H]1C[C@@H]1C(=O)O. The van der Waals surface area contributed by atoms with Crippen LogP contribution in [-0.4, -0.2) is 29.6 Å². The van der Waals surface area contributed by atoms with E-state index in [-0.39, 0.29) is 18.3 Å². The Hall–Kier alpha value is -2.18. The average molecular weight is 299 g/mol. The van der Waals surface area contributed by atoms with Crippen LogP contribution in [0.3, 0.4) is 0 Å². The smallest absolute Gasteiger partial charge is 0.307 e. The van der Waals surface area contributed by atoms with E-state index in [0.717, 1.165) is 6.07 Å². The van der Waals surface area contributed by atoms with Gasteiger partial charge in [-0.1, -0.05) is 0 Å². The van der Waals surface area contributed by atoms with Crippen molar-refractivity contribution in [2.45, 2.75) is 19.4 Å². The minimum absolute atomic E-state index is 0.00124. The topological polar surface area (TPSA) is 75.6 Å². The molecule has 0 spiro atoms. The van der Waals surface area contributed by atoms with Crippen molar-refractivity contribution in [2.75, 3.05) is 6.61 Å². The second kappa shape index (κ2) is 6.07. The molecule has 2 rings (SSSR count). The van der Waals surface area contributed by atoms with Crippen LogP contribution in [0, 0.1) is 23.5 Å². The number of halogens is 2. The molecule has 2 N–H and O–H groups in total. The largest absolute Gasteiger partial charge is 0.488 e. The van der Waals surface area contributed by atoms with Gasteiger partial charge in [0, 0.05) is 6.07 Å². The second-order valence-corrected chi connectivity index (χ2v) is 5.08. The molecule has 1 aromatic carbocycles. The van der Waals surface area contributed by atoms with Crippen molar-refractivity contribution < 1.29 is 28.2 Å². The van der Waals surface area contributed by atoms with Crippen molar-refractivity contribution >= 4 is 11.9 Å². The van der Waals surface area contributed by atoms with E-state index in [4.69, 9.17) is 9.84 Å². The fourth-order valence-electron chi connectivity index (χ4n) is 1.96. The highest BCUT2D eigenvalue weighted by atomic mass is 19.1. The van der Waals surface area contributed by atoms with E-state index in [2.05, 4.69) is 5.32 Å². The minimum Gasteiger partial charge on any atom is -0.488 e. The number of rotatable bonds is 6. The first-order chi connectivity index (χ1) is 9.88. The van der Waals surface area contributed by atoms with Crippen molar-refractivity contribution in [1.82, 2.24) is 5.32 Å². The number of carbonyl (C=O) groups excluding carboxylic acids is 1. The molecular formula is C14H15F2NO4. The number of ether oxygens (including phenoxy) is 1. The minimum atomic E-state index is -0.979. The summed E-state index contributed by atoms with van der Waals surface area (Å²) in [6.07, 6.45) is 0.335. The normalized spacial score (nSPS) is 21.5. The van der Waals surface area contributed by atoms with E-state index in [1.54, 1.807) is 6.92 Å². The number of nitrogens with one attached hydrogen (secondary N) is 1. The van der Waals surface area contributed by atoms with Gasteiger partial charge in [0.05, 0.1) is 17.9 Å². The van der Waals surface area contributed by atoms with Gasteiger partial charge >= 0.3 is 5.97 Å². The van der Waals surface area contributed by atoms with Gasteiger partial charge in [-0.15, -0.1) is 0 Å². The Morgan fingerprint density at radius 3 is 2.71 bits per heavy atom. The Morgan fingerprint density at radius 2 is 2.14 bits per heavy atom. The van der Waals surface area contributed by atoms with E-state index >= 15 is 0 Å². The van der Waals surface area contributed by atoms with Gasteiger partial charge in [0.25, 0.3) is 0 Å². The molecule has 0 radical (unpaired) electrons. The standard InChI is InChI=1S/C14H15F2NO4/c1-7(17-13(18)9-5-10(9)14(19)20)6-21-12-3-2-8(15)4-11(12)16/h2-4,7,9-10H,5-6H2,1H3,(H,17,18)(H,19,20)/t7-,9+,10+/m1/s1. The number of carboxylic acid groups (broad SMARTS) is 1. The average Bonchev–Trinajstić information content (AvgIpc) is 3.18. The Bertz CT molecular complexity index is 564. The first-order valence-corrected chi connectivity index (χ1v) is 6.49. The summed E-state index contributed by atoms with van der Waals surface area (Å²) < 4.78 is 31.2. The van der Waals surface area contributed by atoms with Crippen molar-refractivity contribution in [1.29, 1.82) is 0 Å². The third-order valence-corrected chi connectivity index (χ3v) is 3.22. The maximum atomic E-state index is 13.3. The van der Waals surface area contributed by atoms with Crippen LogP contribution in [-0.2, 0) is 9.59 Å². The molecule has 0 aromatic heterocycles. The molecular weight excluding hydrogens is 284 g/mol. The van der Waals surface area contributed by atoms with Gasteiger partial charge in [0.15, 0.2) is 11.6 Å².